The fraction of sp³-hybridized carbons (Fsp3) is 0.250. The van der Waals surface area contributed by atoms with Crippen molar-refractivity contribution in [1.82, 2.24) is 9.88 Å². The molecule has 1 amide bonds. The van der Waals surface area contributed by atoms with Crippen molar-refractivity contribution in [2.45, 2.75) is 19.4 Å². The zero-order chi connectivity index (χ0) is 16.6. The minimum Gasteiger partial charge on any atom is -0.355 e. The lowest BCUT2D eigenvalue weighted by Gasteiger charge is -2.16. The fourth-order valence-electron chi connectivity index (χ4n) is 2.82. The first-order valence-electron chi connectivity index (χ1n) is 7.22. The van der Waals surface area contributed by atoms with Crippen LogP contribution in [-0.4, -0.2) is 17.5 Å². The molecular formula is C16H15BrFN3O2. The quantitative estimate of drug-likeness (QED) is 0.861. The van der Waals surface area contributed by atoms with E-state index in [0.717, 1.165) is 6.42 Å². The molecule has 120 valence electrons. The van der Waals surface area contributed by atoms with Crippen LogP contribution in [-0.2, 0) is 13.0 Å². The minimum absolute atomic E-state index is 0.190. The van der Waals surface area contributed by atoms with Crippen LogP contribution >= 0.6 is 15.9 Å². The largest absolute Gasteiger partial charge is 0.355 e. The van der Waals surface area contributed by atoms with Gasteiger partial charge in [0.25, 0.3) is 11.5 Å². The van der Waals surface area contributed by atoms with E-state index < -0.39 is 5.82 Å². The standard InChI is InChI=1S/C16H15BrFN3O2/c1-19-16(23)15-12(8-14(22)21-6-2-3-13(15)21)20-11-5-4-9(17)7-10(11)18/h4-5,7-8,20H,2-3,6H2,1H3,(H,19,23). The van der Waals surface area contributed by atoms with E-state index in [2.05, 4.69) is 26.6 Å². The number of nitrogens with zero attached hydrogens (tertiary/aromatic N) is 1. The van der Waals surface area contributed by atoms with Gasteiger partial charge in [0.2, 0.25) is 0 Å². The Balaban J connectivity index is 2.13. The van der Waals surface area contributed by atoms with Gasteiger partial charge in [-0.15, -0.1) is 0 Å². The van der Waals surface area contributed by atoms with Gasteiger partial charge in [-0.1, -0.05) is 15.9 Å². The van der Waals surface area contributed by atoms with Crippen molar-refractivity contribution in [2.24, 2.45) is 0 Å². The molecule has 3 rings (SSSR count). The summed E-state index contributed by atoms with van der Waals surface area (Å²) < 4.78 is 16.3. The molecule has 0 radical (unpaired) electrons. The maximum absolute atomic E-state index is 14.0. The summed E-state index contributed by atoms with van der Waals surface area (Å²) in [6.45, 7) is 0.602. The molecule has 2 N–H and O–H groups in total. The number of halogens is 2. The Hall–Kier alpha value is -2.15. The smallest absolute Gasteiger partial charge is 0.254 e. The maximum Gasteiger partial charge on any atom is 0.254 e. The Morgan fingerprint density at radius 1 is 1.30 bits per heavy atom. The fourth-order valence-corrected chi connectivity index (χ4v) is 3.15. The lowest BCUT2D eigenvalue weighted by atomic mass is 10.1. The number of nitrogens with one attached hydrogen (secondary N) is 2. The molecule has 0 saturated carbocycles. The highest BCUT2D eigenvalue weighted by molar-refractivity contribution is 9.10. The number of rotatable bonds is 3. The predicted octanol–water partition coefficient (Wildman–Crippen LogP) is 2.80. The molecule has 23 heavy (non-hydrogen) atoms. The average molecular weight is 380 g/mol. The molecule has 0 bridgehead atoms. The van der Waals surface area contributed by atoms with Crippen LogP contribution in [0.3, 0.4) is 0 Å². The van der Waals surface area contributed by atoms with Crippen molar-refractivity contribution < 1.29 is 9.18 Å². The molecule has 0 aliphatic carbocycles. The third kappa shape index (κ3) is 2.88. The summed E-state index contributed by atoms with van der Waals surface area (Å²) >= 11 is 3.20. The zero-order valence-corrected chi connectivity index (χ0v) is 14.0. The summed E-state index contributed by atoms with van der Waals surface area (Å²) in [6, 6.07) is 5.91. The van der Waals surface area contributed by atoms with Crippen molar-refractivity contribution in [3.63, 3.8) is 0 Å². The number of benzene rings is 1. The molecule has 1 aliphatic rings. The van der Waals surface area contributed by atoms with Crippen LogP contribution in [0.15, 0.2) is 33.5 Å². The number of carbonyl (C=O) groups excluding carboxylic acids is 1. The van der Waals surface area contributed by atoms with Crippen molar-refractivity contribution in [1.29, 1.82) is 0 Å². The van der Waals surface area contributed by atoms with Crippen LogP contribution in [0.1, 0.15) is 22.5 Å². The normalized spacial score (nSPS) is 12.8. The van der Waals surface area contributed by atoms with E-state index in [1.165, 1.54) is 19.2 Å². The highest BCUT2D eigenvalue weighted by Gasteiger charge is 2.24. The molecule has 5 nitrogen and oxygen atoms in total. The summed E-state index contributed by atoms with van der Waals surface area (Å²) in [5.74, 6) is -0.765. The lowest BCUT2D eigenvalue weighted by molar-refractivity contribution is 0.0962. The maximum atomic E-state index is 14.0. The van der Waals surface area contributed by atoms with E-state index >= 15 is 0 Å². The number of fused-ring (bicyclic) bond motifs is 1. The highest BCUT2D eigenvalue weighted by Crippen LogP contribution is 2.28. The van der Waals surface area contributed by atoms with Crippen LogP contribution in [0.4, 0.5) is 15.8 Å². The topological polar surface area (TPSA) is 63.1 Å². The first-order chi connectivity index (χ1) is 11.0. The Kier molecular flexibility index (Phi) is 4.21. The Morgan fingerprint density at radius 2 is 2.09 bits per heavy atom. The molecule has 0 saturated heterocycles. The van der Waals surface area contributed by atoms with Crippen LogP contribution in [0.5, 0.6) is 0 Å². The SMILES string of the molecule is CNC(=O)c1c(Nc2ccc(Br)cc2F)cc(=O)n2c1CCC2. The summed E-state index contributed by atoms with van der Waals surface area (Å²) in [4.78, 5) is 24.5. The number of pyridine rings is 1. The highest BCUT2D eigenvalue weighted by atomic mass is 79.9. The van der Waals surface area contributed by atoms with Gasteiger partial charge in [0, 0.05) is 29.8 Å². The van der Waals surface area contributed by atoms with Crippen molar-refractivity contribution in [2.75, 3.05) is 12.4 Å². The van der Waals surface area contributed by atoms with Gasteiger partial charge >= 0.3 is 0 Å². The minimum atomic E-state index is -0.470. The molecule has 0 atom stereocenters. The van der Waals surface area contributed by atoms with Gasteiger partial charge < -0.3 is 15.2 Å². The molecule has 0 unspecified atom stereocenters. The molecule has 2 heterocycles. The van der Waals surface area contributed by atoms with Gasteiger partial charge in [-0.3, -0.25) is 9.59 Å². The third-order valence-corrected chi connectivity index (χ3v) is 4.36. The van der Waals surface area contributed by atoms with Crippen LogP contribution in [0.25, 0.3) is 0 Å². The van der Waals surface area contributed by atoms with Crippen molar-refractivity contribution >= 4 is 33.2 Å². The van der Waals surface area contributed by atoms with Crippen molar-refractivity contribution in [3.8, 4) is 0 Å². The molecule has 2 aromatic rings. The van der Waals surface area contributed by atoms with Crippen LogP contribution in [0.2, 0.25) is 0 Å². The molecule has 1 aromatic carbocycles. The van der Waals surface area contributed by atoms with Gasteiger partial charge in [0.05, 0.1) is 16.9 Å². The van der Waals surface area contributed by atoms with E-state index in [4.69, 9.17) is 0 Å². The van der Waals surface area contributed by atoms with Gasteiger partial charge in [-0.05, 0) is 31.0 Å². The molecular weight excluding hydrogens is 365 g/mol. The van der Waals surface area contributed by atoms with Gasteiger partial charge in [-0.25, -0.2) is 4.39 Å². The number of hydrogen-bond donors (Lipinski definition) is 2. The monoisotopic (exact) mass is 379 g/mol. The van der Waals surface area contributed by atoms with E-state index in [0.29, 0.717) is 34.4 Å². The molecule has 0 fully saturated rings. The Labute approximate surface area is 140 Å². The number of anilines is 2. The van der Waals surface area contributed by atoms with Crippen LogP contribution < -0.4 is 16.2 Å². The first-order valence-corrected chi connectivity index (χ1v) is 8.01. The molecule has 1 aliphatic heterocycles. The Morgan fingerprint density at radius 3 is 2.78 bits per heavy atom. The molecule has 0 spiro atoms. The second-order valence-corrected chi connectivity index (χ2v) is 6.22. The number of carbonyl (C=O) groups is 1. The molecule has 7 heteroatoms. The number of hydrogen-bond acceptors (Lipinski definition) is 3. The predicted molar refractivity (Wildman–Crippen MR) is 89.8 cm³/mol. The van der Waals surface area contributed by atoms with E-state index in [1.54, 1.807) is 16.7 Å². The van der Waals surface area contributed by atoms with E-state index in [-0.39, 0.29) is 17.2 Å². The van der Waals surface area contributed by atoms with E-state index in [9.17, 15) is 14.0 Å². The van der Waals surface area contributed by atoms with Gasteiger partial charge in [0.15, 0.2) is 0 Å². The summed E-state index contributed by atoms with van der Waals surface area (Å²) in [5.41, 5.74) is 1.43. The van der Waals surface area contributed by atoms with Crippen molar-refractivity contribution in [3.05, 3.63) is 56.2 Å². The Bertz CT molecular complexity index is 848. The van der Waals surface area contributed by atoms with Gasteiger partial charge in [0.1, 0.15) is 5.82 Å². The number of amides is 1. The first kappa shape index (κ1) is 15.7. The number of aromatic nitrogens is 1. The summed E-state index contributed by atoms with van der Waals surface area (Å²) in [7, 11) is 1.53. The van der Waals surface area contributed by atoms with Crippen LogP contribution in [0, 0.1) is 5.82 Å². The second kappa shape index (κ2) is 6.16. The van der Waals surface area contributed by atoms with Gasteiger partial charge in [-0.2, -0.15) is 0 Å². The lowest BCUT2D eigenvalue weighted by Crippen LogP contribution is -2.27. The molecule has 1 aromatic heterocycles. The van der Waals surface area contributed by atoms with E-state index in [1.807, 2.05) is 0 Å². The second-order valence-electron chi connectivity index (χ2n) is 5.30. The average Bonchev–Trinajstić information content (AvgIpc) is 2.99. The summed E-state index contributed by atoms with van der Waals surface area (Å²) in [5, 5.41) is 5.47. The zero-order valence-electron chi connectivity index (χ0n) is 12.5. The summed E-state index contributed by atoms with van der Waals surface area (Å²) in [6.07, 6.45) is 1.46. The third-order valence-electron chi connectivity index (χ3n) is 3.87.